The van der Waals surface area contributed by atoms with Crippen molar-refractivity contribution < 1.29 is 34.2 Å². The largest absolute Gasteiger partial charge is 0.480 e. The summed E-state index contributed by atoms with van der Waals surface area (Å²) in [4.78, 5) is 66.0. The number of fused-ring (bicyclic) bond motifs is 1. The number of rotatable bonds is 11. The molecule has 1 aliphatic rings. The van der Waals surface area contributed by atoms with Crippen LogP contribution in [0.4, 0.5) is 0 Å². The monoisotopic (exact) mass is 516 g/mol. The van der Waals surface area contributed by atoms with E-state index in [0.29, 0.717) is 6.42 Å². The lowest BCUT2D eigenvalue weighted by Crippen LogP contribution is -2.60. The Hall–Kier alpha value is -3.97. The van der Waals surface area contributed by atoms with Gasteiger partial charge >= 0.3 is 5.97 Å². The first-order valence-electron chi connectivity index (χ1n) is 11.9. The van der Waals surface area contributed by atoms with Gasteiger partial charge in [-0.2, -0.15) is 0 Å². The Balaban J connectivity index is 1.69. The lowest BCUT2D eigenvalue weighted by atomic mass is 10.0. The molecule has 2 heterocycles. The van der Waals surface area contributed by atoms with E-state index in [1.807, 2.05) is 24.3 Å². The van der Waals surface area contributed by atoms with E-state index in [1.54, 1.807) is 6.20 Å². The summed E-state index contributed by atoms with van der Waals surface area (Å²) in [6, 6.07) is 2.35. The van der Waals surface area contributed by atoms with Crippen molar-refractivity contribution in [3.05, 3.63) is 36.0 Å². The number of benzene rings is 1. The van der Waals surface area contributed by atoms with Crippen molar-refractivity contribution in [1.82, 2.24) is 20.5 Å². The smallest absolute Gasteiger partial charge is 0.326 e. The number of nitrogens with two attached hydrogens (primary N) is 2. The van der Waals surface area contributed by atoms with Crippen molar-refractivity contribution >= 4 is 40.5 Å². The number of aliphatic hydroxyl groups is 1. The standard InChI is InChI=1S/C24H32N6O7/c1-12(31)20(29-21(33)15(25)9-13-11-27-16-6-3-2-5-14(13)16)22(34)28-17(10-19(26)32)23(35)30-8-4-7-18(30)24(36)37/h2-3,5-6,11-12,15,17-18,20,27,31H,4,7-10,25H2,1H3,(H2,26,32)(H,28,34)(H,29,33)(H,36,37). The molecule has 2 aromatic rings. The third-order valence-electron chi connectivity index (χ3n) is 6.35. The third-order valence-corrected chi connectivity index (χ3v) is 6.35. The molecule has 1 aromatic heterocycles. The number of aliphatic hydroxyl groups excluding tert-OH is 1. The minimum atomic E-state index is -1.50. The van der Waals surface area contributed by atoms with Gasteiger partial charge in [-0.3, -0.25) is 19.2 Å². The molecule has 4 amide bonds. The van der Waals surface area contributed by atoms with Gasteiger partial charge in [-0.05, 0) is 37.8 Å². The van der Waals surface area contributed by atoms with Crippen LogP contribution in [0.2, 0.25) is 0 Å². The minimum absolute atomic E-state index is 0.139. The first-order chi connectivity index (χ1) is 17.5. The van der Waals surface area contributed by atoms with Gasteiger partial charge in [0.15, 0.2) is 0 Å². The molecule has 0 radical (unpaired) electrons. The van der Waals surface area contributed by atoms with E-state index in [1.165, 1.54) is 6.92 Å². The maximum absolute atomic E-state index is 13.0. The molecule has 9 N–H and O–H groups in total. The van der Waals surface area contributed by atoms with Crippen LogP contribution in [0.3, 0.4) is 0 Å². The summed E-state index contributed by atoms with van der Waals surface area (Å²) >= 11 is 0. The number of para-hydroxylation sites is 1. The molecule has 5 unspecified atom stereocenters. The second-order valence-corrected chi connectivity index (χ2v) is 9.16. The molecule has 1 aliphatic heterocycles. The Kier molecular flexibility index (Phi) is 8.84. The highest BCUT2D eigenvalue weighted by Crippen LogP contribution is 2.20. The van der Waals surface area contributed by atoms with Gasteiger partial charge in [0.2, 0.25) is 23.6 Å². The highest BCUT2D eigenvalue weighted by Gasteiger charge is 2.39. The number of likely N-dealkylation sites (tertiary alicyclic amines) is 1. The zero-order valence-electron chi connectivity index (χ0n) is 20.3. The Bertz CT molecular complexity index is 1180. The van der Waals surface area contributed by atoms with Crippen LogP contribution in [-0.2, 0) is 30.4 Å². The van der Waals surface area contributed by atoms with E-state index < -0.39 is 66.3 Å². The molecule has 1 fully saturated rings. The lowest BCUT2D eigenvalue weighted by molar-refractivity contribution is -0.150. The molecule has 200 valence electrons. The van der Waals surface area contributed by atoms with Crippen LogP contribution in [0.25, 0.3) is 10.9 Å². The van der Waals surface area contributed by atoms with Crippen LogP contribution in [0.5, 0.6) is 0 Å². The van der Waals surface area contributed by atoms with Crippen molar-refractivity contribution in [2.45, 2.75) is 62.9 Å². The summed E-state index contributed by atoms with van der Waals surface area (Å²) in [6.07, 6.45) is 0.595. The van der Waals surface area contributed by atoms with E-state index in [-0.39, 0.29) is 19.4 Å². The first-order valence-corrected chi connectivity index (χ1v) is 11.9. The molecular weight excluding hydrogens is 484 g/mol. The Morgan fingerprint density at radius 1 is 1.16 bits per heavy atom. The normalized spacial score (nSPS) is 18.6. The van der Waals surface area contributed by atoms with Crippen molar-refractivity contribution in [3.63, 3.8) is 0 Å². The number of aromatic nitrogens is 1. The summed E-state index contributed by atoms with van der Waals surface area (Å²) in [6.45, 7) is 1.40. The maximum atomic E-state index is 13.0. The number of nitrogens with zero attached hydrogens (tertiary/aromatic N) is 1. The van der Waals surface area contributed by atoms with Gasteiger partial charge in [-0.1, -0.05) is 18.2 Å². The third kappa shape index (κ3) is 6.62. The molecule has 3 rings (SSSR count). The second kappa shape index (κ2) is 11.8. The summed E-state index contributed by atoms with van der Waals surface area (Å²) in [7, 11) is 0. The van der Waals surface area contributed by atoms with E-state index >= 15 is 0 Å². The van der Waals surface area contributed by atoms with Gasteiger partial charge in [0.05, 0.1) is 18.6 Å². The zero-order chi connectivity index (χ0) is 27.3. The molecule has 0 aliphatic carbocycles. The molecule has 1 aromatic carbocycles. The average molecular weight is 517 g/mol. The minimum Gasteiger partial charge on any atom is -0.480 e. The molecule has 37 heavy (non-hydrogen) atoms. The maximum Gasteiger partial charge on any atom is 0.326 e. The quantitative estimate of drug-likeness (QED) is 0.183. The molecule has 1 saturated heterocycles. The Morgan fingerprint density at radius 2 is 1.86 bits per heavy atom. The number of aromatic amines is 1. The van der Waals surface area contributed by atoms with Crippen molar-refractivity contribution in [3.8, 4) is 0 Å². The summed E-state index contributed by atoms with van der Waals surface area (Å²) in [5.41, 5.74) is 13.0. The molecule has 13 heteroatoms. The number of H-pyrrole nitrogens is 1. The van der Waals surface area contributed by atoms with Crippen LogP contribution in [-0.4, -0.2) is 86.5 Å². The number of carbonyl (C=O) groups excluding carboxylic acids is 4. The number of carboxylic acids is 1. The molecule has 0 bridgehead atoms. The number of aliphatic carboxylic acids is 1. The fourth-order valence-corrected chi connectivity index (χ4v) is 4.45. The van der Waals surface area contributed by atoms with Gasteiger partial charge in [0, 0.05) is 23.6 Å². The first kappa shape index (κ1) is 27.6. The summed E-state index contributed by atoms with van der Waals surface area (Å²) < 4.78 is 0. The van der Waals surface area contributed by atoms with Crippen LogP contribution in [0, 0.1) is 0 Å². The Labute approximate surface area is 212 Å². The van der Waals surface area contributed by atoms with Gasteiger partial charge in [0.1, 0.15) is 18.1 Å². The predicted octanol–water partition coefficient (Wildman–Crippen LogP) is -1.66. The number of carboxylic acid groups (broad SMARTS) is 1. The van der Waals surface area contributed by atoms with Crippen molar-refractivity contribution in [2.24, 2.45) is 11.5 Å². The van der Waals surface area contributed by atoms with Gasteiger partial charge in [-0.25, -0.2) is 4.79 Å². The van der Waals surface area contributed by atoms with E-state index in [2.05, 4.69) is 15.6 Å². The number of primary amides is 1. The summed E-state index contributed by atoms with van der Waals surface area (Å²) in [5.74, 6) is -4.55. The van der Waals surface area contributed by atoms with E-state index in [0.717, 1.165) is 21.4 Å². The number of hydrogen-bond donors (Lipinski definition) is 7. The Morgan fingerprint density at radius 3 is 2.51 bits per heavy atom. The molecule has 5 atom stereocenters. The highest BCUT2D eigenvalue weighted by molar-refractivity contribution is 5.96. The highest BCUT2D eigenvalue weighted by atomic mass is 16.4. The molecule has 13 nitrogen and oxygen atoms in total. The van der Waals surface area contributed by atoms with Crippen LogP contribution in [0.15, 0.2) is 30.5 Å². The van der Waals surface area contributed by atoms with E-state index in [4.69, 9.17) is 11.5 Å². The zero-order valence-corrected chi connectivity index (χ0v) is 20.3. The average Bonchev–Trinajstić information content (AvgIpc) is 3.48. The SMILES string of the molecule is CC(O)C(NC(=O)C(N)Cc1c[nH]c2ccccc12)C(=O)NC(CC(N)=O)C(=O)N1CCCC1C(=O)O. The van der Waals surface area contributed by atoms with Crippen LogP contribution >= 0.6 is 0 Å². The van der Waals surface area contributed by atoms with Gasteiger partial charge in [-0.15, -0.1) is 0 Å². The second-order valence-electron chi connectivity index (χ2n) is 9.16. The topological polar surface area (TPSA) is 221 Å². The van der Waals surface area contributed by atoms with Crippen molar-refractivity contribution in [1.29, 1.82) is 0 Å². The summed E-state index contributed by atoms with van der Waals surface area (Å²) in [5, 5.41) is 25.2. The number of nitrogens with one attached hydrogen (secondary N) is 3. The predicted molar refractivity (Wildman–Crippen MR) is 132 cm³/mol. The van der Waals surface area contributed by atoms with Crippen LogP contribution in [0.1, 0.15) is 31.7 Å². The number of carbonyl (C=O) groups is 5. The van der Waals surface area contributed by atoms with Gasteiger partial charge < -0.3 is 42.2 Å². The van der Waals surface area contributed by atoms with Crippen LogP contribution < -0.4 is 22.1 Å². The fraction of sp³-hybridized carbons (Fsp3) is 0.458. The lowest BCUT2D eigenvalue weighted by Gasteiger charge is -2.29. The molecular formula is C24H32N6O7. The molecule has 0 spiro atoms. The number of amides is 4. The van der Waals surface area contributed by atoms with Crippen molar-refractivity contribution in [2.75, 3.05) is 6.54 Å². The molecule has 0 saturated carbocycles. The fourth-order valence-electron chi connectivity index (χ4n) is 4.45. The number of hydrogen-bond acceptors (Lipinski definition) is 7. The van der Waals surface area contributed by atoms with E-state index in [9.17, 15) is 34.2 Å². The van der Waals surface area contributed by atoms with Gasteiger partial charge in [0.25, 0.3) is 0 Å².